The van der Waals surface area contributed by atoms with Gasteiger partial charge in [0.05, 0.1) is 19.6 Å². The Balaban J connectivity index is 1.52. The number of hydrogen-bond donors (Lipinski definition) is 1. The van der Waals surface area contributed by atoms with Gasteiger partial charge in [0.15, 0.2) is 11.6 Å². The maximum atomic E-state index is 13.7. The molecule has 1 N–H and O–H groups in total. The summed E-state index contributed by atoms with van der Waals surface area (Å²) in [5, 5.41) is 10.0. The number of carbonyl (C=O) groups excluding carboxylic acids is 1. The summed E-state index contributed by atoms with van der Waals surface area (Å²) in [6.45, 7) is 2.93. The monoisotopic (exact) mass is 336 g/mol. The van der Waals surface area contributed by atoms with E-state index in [4.69, 9.17) is 4.74 Å². The molecule has 5 nitrogen and oxygen atoms in total. The molecule has 1 saturated heterocycles. The van der Waals surface area contributed by atoms with Crippen molar-refractivity contribution in [3.05, 3.63) is 29.6 Å². The molecule has 0 spiro atoms. The van der Waals surface area contributed by atoms with Crippen LogP contribution in [0.4, 0.5) is 4.39 Å². The number of methoxy groups -OCH3 is 1. The first-order chi connectivity index (χ1) is 11.6. The Morgan fingerprint density at radius 1 is 1.29 bits per heavy atom. The van der Waals surface area contributed by atoms with Gasteiger partial charge in [0.2, 0.25) is 5.91 Å². The molecule has 1 saturated carbocycles. The van der Waals surface area contributed by atoms with Crippen molar-refractivity contribution in [3.8, 4) is 5.75 Å². The third-order valence-electron chi connectivity index (χ3n) is 5.15. The van der Waals surface area contributed by atoms with Gasteiger partial charge in [-0.3, -0.25) is 9.69 Å². The molecule has 2 atom stereocenters. The molecule has 3 rings (SSSR count). The second-order valence-corrected chi connectivity index (χ2v) is 6.63. The fourth-order valence-corrected chi connectivity index (χ4v) is 3.76. The molecule has 1 amide bonds. The van der Waals surface area contributed by atoms with Gasteiger partial charge >= 0.3 is 0 Å². The maximum absolute atomic E-state index is 13.7. The SMILES string of the molecule is COc1ccc(CC(=O)N2CCN([C@H]3CCC[C@H]3O)CC2)cc1F. The Morgan fingerprint density at radius 2 is 2.04 bits per heavy atom. The number of rotatable bonds is 4. The minimum Gasteiger partial charge on any atom is -0.494 e. The lowest BCUT2D eigenvalue weighted by Crippen LogP contribution is -2.53. The normalized spacial score (nSPS) is 25.0. The van der Waals surface area contributed by atoms with Crippen LogP contribution in [0.2, 0.25) is 0 Å². The summed E-state index contributed by atoms with van der Waals surface area (Å²) >= 11 is 0. The van der Waals surface area contributed by atoms with Gasteiger partial charge in [0.1, 0.15) is 0 Å². The number of aliphatic hydroxyl groups excluding tert-OH is 1. The van der Waals surface area contributed by atoms with E-state index in [0.717, 1.165) is 32.4 Å². The first kappa shape index (κ1) is 17.2. The van der Waals surface area contributed by atoms with Crippen LogP contribution < -0.4 is 4.74 Å². The summed E-state index contributed by atoms with van der Waals surface area (Å²) in [7, 11) is 1.42. The predicted molar refractivity (Wildman–Crippen MR) is 88.5 cm³/mol. The van der Waals surface area contributed by atoms with Gasteiger partial charge in [0, 0.05) is 32.2 Å². The average molecular weight is 336 g/mol. The minimum atomic E-state index is -0.442. The first-order valence-electron chi connectivity index (χ1n) is 8.61. The van der Waals surface area contributed by atoms with Crippen LogP contribution in [0.3, 0.4) is 0 Å². The molecule has 0 bridgehead atoms. The molecule has 0 aromatic heterocycles. The highest BCUT2D eigenvalue weighted by Gasteiger charge is 2.33. The molecular weight excluding hydrogens is 311 g/mol. The number of carbonyl (C=O) groups is 1. The number of ether oxygens (including phenoxy) is 1. The van der Waals surface area contributed by atoms with E-state index in [1.165, 1.54) is 13.2 Å². The van der Waals surface area contributed by atoms with Gasteiger partial charge in [-0.2, -0.15) is 0 Å². The lowest BCUT2D eigenvalue weighted by Gasteiger charge is -2.39. The second kappa shape index (κ2) is 7.49. The van der Waals surface area contributed by atoms with Crippen LogP contribution in [0.15, 0.2) is 18.2 Å². The summed E-state index contributed by atoms with van der Waals surface area (Å²) in [4.78, 5) is 16.6. The van der Waals surface area contributed by atoms with Gasteiger partial charge < -0.3 is 14.7 Å². The molecule has 6 heteroatoms. The van der Waals surface area contributed by atoms with E-state index in [1.54, 1.807) is 12.1 Å². The summed E-state index contributed by atoms with van der Waals surface area (Å²) in [5.74, 6) is -0.232. The van der Waals surface area contributed by atoms with Gasteiger partial charge in [-0.1, -0.05) is 6.07 Å². The van der Waals surface area contributed by atoms with Crippen molar-refractivity contribution in [1.29, 1.82) is 0 Å². The number of piperazine rings is 1. The molecule has 24 heavy (non-hydrogen) atoms. The van der Waals surface area contributed by atoms with Gasteiger partial charge in [-0.05, 0) is 37.0 Å². The van der Waals surface area contributed by atoms with E-state index in [2.05, 4.69) is 4.90 Å². The van der Waals surface area contributed by atoms with Crippen molar-refractivity contribution in [1.82, 2.24) is 9.80 Å². The van der Waals surface area contributed by atoms with Gasteiger partial charge in [-0.25, -0.2) is 4.39 Å². The van der Waals surface area contributed by atoms with Crippen LogP contribution >= 0.6 is 0 Å². The van der Waals surface area contributed by atoms with Crippen molar-refractivity contribution >= 4 is 5.91 Å². The number of halogens is 1. The van der Waals surface area contributed by atoms with Crippen LogP contribution in [-0.4, -0.2) is 66.2 Å². The third-order valence-corrected chi connectivity index (χ3v) is 5.15. The maximum Gasteiger partial charge on any atom is 0.227 e. The minimum absolute atomic E-state index is 0.0196. The molecule has 1 aromatic carbocycles. The largest absolute Gasteiger partial charge is 0.494 e. The van der Waals surface area contributed by atoms with Crippen molar-refractivity contribution in [2.24, 2.45) is 0 Å². The number of aliphatic hydroxyl groups is 1. The molecule has 2 aliphatic rings. The Hall–Kier alpha value is -1.66. The fourth-order valence-electron chi connectivity index (χ4n) is 3.76. The molecule has 1 heterocycles. The van der Waals surface area contributed by atoms with Crippen LogP contribution in [0.5, 0.6) is 5.75 Å². The zero-order chi connectivity index (χ0) is 17.1. The highest BCUT2D eigenvalue weighted by molar-refractivity contribution is 5.79. The van der Waals surface area contributed by atoms with E-state index in [-0.39, 0.29) is 30.2 Å². The standard InChI is InChI=1S/C18H25FN2O3/c1-24-17-6-5-13(11-14(17)19)12-18(23)21-9-7-20(8-10-21)15-3-2-4-16(15)22/h5-6,11,15-16,22H,2-4,7-10,12H2,1H3/t15-,16+/m0/s1. The summed E-state index contributed by atoms with van der Waals surface area (Å²) in [6, 6.07) is 4.89. The van der Waals surface area contributed by atoms with Crippen LogP contribution in [0.1, 0.15) is 24.8 Å². The molecule has 132 valence electrons. The average Bonchev–Trinajstić information content (AvgIpc) is 3.01. The highest BCUT2D eigenvalue weighted by Crippen LogP contribution is 2.25. The second-order valence-electron chi connectivity index (χ2n) is 6.63. The van der Waals surface area contributed by atoms with Gasteiger partial charge in [-0.15, -0.1) is 0 Å². The summed E-state index contributed by atoms with van der Waals surface area (Å²) in [6.07, 6.45) is 2.98. The van der Waals surface area contributed by atoms with E-state index in [0.29, 0.717) is 18.7 Å². The molecule has 1 aliphatic heterocycles. The number of hydrogen-bond acceptors (Lipinski definition) is 4. The Kier molecular flexibility index (Phi) is 5.36. The molecule has 1 aromatic rings. The van der Waals surface area contributed by atoms with Crippen LogP contribution in [0.25, 0.3) is 0 Å². The lowest BCUT2D eigenvalue weighted by atomic mass is 10.1. The number of benzene rings is 1. The van der Waals surface area contributed by atoms with E-state index in [9.17, 15) is 14.3 Å². The van der Waals surface area contributed by atoms with Crippen LogP contribution in [-0.2, 0) is 11.2 Å². The van der Waals surface area contributed by atoms with Crippen molar-refractivity contribution in [2.75, 3.05) is 33.3 Å². The molecule has 1 aliphatic carbocycles. The lowest BCUT2D eigenvalue weighted by molar-refractivity contribution is -0.132. The zero-order valence-electron chi connectivity index (χ0n) is 14.1. The van der Waals surface area contributed by atoms with E-state index >= 15 is 0 Å². The van der Waals surface area contributed by atoms with Crippen molar-refractivity contribution < 1.29 is 19.0 Å². The fraction of sp³-hybridized carbons (Fsp3) is 0.611. The topological polar surface area (TPSA) is 53.0 Å². The summed E-state index contributed by atoms with van der Waals surface area (Å²) < 4.78 is 18.6. The Labute approximate surface area is 142 Å². The first-order valence-corrected chi connectivity index (χ1v) is 8.61. The predicted octanol–water partition coefficient (Wildman–Crippen LogP) is 1.43. The van der Waals surface area contributed by atoms with E-state index < -0.39 is 5.82 Å². The van der Waals surface area contributed by atoms with E-state index in [1.807, 2.05) is 4.90 Å². The van der Waals surface area contributed by atoms with Crippen molar-refractivity contribution in [3.63, 3.8) is 0 Å². The molecular formula is C18H25FN2O3. The zero-order valence-corrected chi connectivity index (χ0v) is 14.1. The Morgan fingerprint density at radius 3 is 2.62 bits per heavy atom. The Bertz CT molecular complexity index is 588. The molecule has 0 radical (unpaired) electrons. The molecule has 0 unspecified atom stereocenters. The number of nitrogens with zero attached hydrogens (tertiary/aromatic N) is 2. The molecule has 2 fully saturated rings. The third kappa shape index (κ3) is 3.70. The smallest absolute Gasteiger partial charge is 0.227 e. The van der Waals surface area contributed by atoms with Crippen LogP contribution in [0, 0.1) is 5.82 Å². The van der Waals surface area contributed by atoms with Gasteiger partial charge in [0.25, 0.3) is 0 Å². The number of amides is 1. The highest BCUT2D eigenvalue weighted by atomic mass is 19.1. The quantitative estimate of drug-likeness (QED) is 0.904. The summed E-state index contributed by atoms with van der Waals surface area (Å²) in [5.41, 5.74) is 0.659. The van der Waals surface area contributed by atoms with Crippen molar-refractivity contribution in [2.45, 2.75) is 37.8 Å².